The molecular formula is C13H12N6O. The zero-order valence-corrected chi connectivity index (χ0v) is 10.8. The fourth-order valence-corrected chi connectivity index (χ4v) is 1.71. The first-order valence-corrected chi connectivity index (χ1v) is 5.97. The highest BCUT2D eigenvalue weighted by atomic mass is 16.5. The van der Waals surface area contributed by atoms with E-state index in [0.29, 0.717) is 17.5 Å². The molecule has 0 radical (unpaired) electrons. The van der Waals surface area contributed by atoms with Crippen molar-refractivity contribution in [2.45, 2.75) is 6.92 Å². The summed E-state index contributed by atoms with van der Waals surface area (Å²) in [5.74, 6) is 1.19. The van der Waals surface area contributed by atoms with Crippen LogP contribution in [0.2, 0.25) is 0 Å². The number of hydrogen-bond donors (Lipinski definition) is 1. The third-order valence-corrected chi connectivity index (χ3v) is 2.52. The number of aryl methyl sites for hydroxylation is 1. The number of aromatic nitrogens is 5. The van der Waals surface area contributed by atoms with Gasteiger partial charge in [-0.15, -0.1) is 5.10 Å². The van der Waals surface area contributed by atoms with Crippen LogP contribution < -0.4 is 10.5 Å². The number of hydrogen-bond acceptors (Lipinski definition) is 6. The van der Waals surface area contributed by atoms with Crippen molar-refractivity contribution in [2.24, 2.45) is 0 Å². The highest BCUT2D eigenvalue weighted by Gasteiger charge is 2.07. The number of ether oxygens (including phenoxy) is 1. The van der Waals surface area contributed by atoms with E-state index in [0.717, 1.165) is 5.69 Å². The fourth-order valence-electron chi connectivity index (χ4n) is 1.71. The maximum atomic E-state index is 5.63. The second-order valence-corrected chi connectivity index (χ2v) is 4.09. The van der Waals surface area contributed by atoms with Crippen molar-refractivity contribution in [1.29, 1.82) is 0 Å². The summed E-state index contributed by atoms with van der Waals surface area (Å²) in [5.41, 5.74) is 6.53. The molecule has 0 atom stereocenters. The predicted octanol–water partition coefficient (Wildman–Crippen LogP) is 1.74. The Kier molecular flexibility index (Phi) is 3.00. The monoisotopic (exact) mass is 268 g/mol. The summed E-state index contributed by atoms with van der Waals surface area (Å²) < 4.78 is 7.09. The van der Waals surface area contributed by atoms with Gasteiger partial charge in [-0.25, -0.2) is 9.67 Å². The van der Waals surface area contributed by atoms with Crippen molar-refractivity contribution in [3.8, 4) is 17.6 Å². The van der Waals surface area contributed by atoms with Crippen LogP contribution in [0.25, 0.3) is 5.69 Å². The first-order chi connectivity index (χ1) is 9.70. The molecule has 0 spiro atoms. The molecule has 0 aliphatic rings. The molecule has 0 fully saturated rings. The lowest BCUT2D eigenvalue weighted by atomic mass is 10.3. The molecule has 0 bridgehead atoms. The Morgan fingerprint density at radius 2 is 1.95 bits per heavy atom. The minimum atomic E-state index is 0.200. The number of nitrogen functional groups attached to an aromatic ring is 1. The summed E-state index contributed by atoms with van der Waals surface area (Å²) in [6.45, 7) is 1.74. The Morgan fingerprint density at radius 3 is 2.70 bits per heavy atom. The maximum Gasteiger partial charge on any atom is 0.342 e. The van der Waals surface area contributed by atoms with Crippen molar-refractivity contribution >= 4 is 5.82 Å². The second-order valence-electron chi connectivity index (χ2n) is 4.09. The molecule has 2 aromatic heterocycles. The minimum Gasteiger partial charge on any atom is -0.404 e. The molecule has 0 amide bonds. The van der Waals surface area contributed by atoms with Crippen LogP contribution >= 0.6 is 0 Å². The highest BCUT2D eigenvalue weighted by molar-refractivity contribution is 5.34. The summed E-state index contributed by atoms with van der Waals surface area (Å²) >= 11 is 0. The van der Waals surface area contributed by atoms with E-state index >= 15 is 0 Å². The lowest BCUT2D eigenvalue weighted by molar-refractivity contribution is 0.423. The Bertz CT molecular complexity index is 704. The van der Waals surface area contributed by atoms with E-state index in [1.54, 1.807) is 17.9 Å². The van der Waals surface area contributed by atoms with Crippen LogP contribution in [-0.4, -0.2) is 24.7 Å². The lowest BCUT2D eigenvalue weighted by Crippen LogP contribution is -1.99. The van der Waals surface area contributed by atoms with Crippen LogP contribution in [0.5, 0.6) is 11.9 Å². The van der Waals surface area contributed by atoms with Gasteiger partial charge in [-0.2, -0.15) is 9.97 Å². The number of nitrogens with zero attached hydrogens (tertiary/aromatic N) is 5. The molecule has 0 saturated carbocycles. The van der Waals surface area contributed by atoms with Crippen molar-refractivity contribution in [3.63, 3.8) is 0 Å². The van der Waals surface area contributed by atoms with Gasteiger partial charge in [-0.05, 0) is 19.1 Å². The molecule has 20 heavy (non-hydrogen) atoms. The summed E-state index contributed by atoms with van der Waals surface area (Å²) in [7, 11) is 0. The van der Waals surface area contributed by atoms with Gasteiger partial charge in [0.1, 0.15) is 18.0 Å². The van der Waals surface area contributed by atoms with Crippen LogP contribution in [0, 0.1) is 6.92 Å². The third-order valence-electron chi connectivity index (χ3n) is 2.52. The maximum absolute atomic E-state index is 5.63. The summed E-state index contributed by atoms with van der Waals surface area (Å²) in [6.07, 6.45) is 1.57. The van der Waals surface area contributed by atoms with E-state index in [-0.39, 0.29) is 6.01 Å². The number of rotatable bonds is 3. The van der Waals surface area contributed by atoms with Crippen LogP contribution in [0.4, 0.5) is 5.82 Å². The number of benzene rings is 1. The van der Waals surface area contributed by atoms with Crippen LogP contribution in [0.3, 0.4) is 0 Å². The molecule has 2 N–H and O–H groups in total. The predicted molar refractivity (Wildman–Crippen MR) is 72.6 cm³/mol. The molecule has 0 aliphatic carbocycles. The summed E-state index contributed by atoms with van der Waals surface area (Å²) in [5, 5.41) is 4.22. The van der Waals surface area contributed by atoms with Crippen LogP contribution in [-0.2, 0) is 0 Å². The molecule has 0 aliphatic heterocycles. The molecule has 1 aromatic carbocycles. The van der Waals surface area contributed by atoms with Crippen molar-refractivity contribution in [1.82, 2.24) is 24.7 Å². The smallest absolute Gasteiger partial charge is 0.342 e. The Morgan fingerprint density at radius 1 is 1.15 bits per heavy atom. The van der Waals surface area contributed by atoms with E-state index in [2.05, 4.69) is 20.1 Å². The molecule has 7 heteroatoms. The van der Waals surface area contributed by atoms with Crippen LogP contribution in [0.1, 0.15) is 5.82 Å². The van der Waals surface area contributed by atoms with E-state index < -0.39 is 0 Å². The average Bonchev–Trinajstić information content (AvgIpc) is 2.87. The normalized spacial score (nSPS) is 10.4. The molecule has 2 heterocycles. The Hall–Kier alpha value is -2.96. The van der Waals surface area contributed by atoms with Crippen LogP contribution in [0.15, 0.2) is 42.7 Å². The van der Waals surface area contributed by atoms with Gasteiger partial charge in [0.15, 0.2) is 0 Å². The largest absolute Gasteiger partial charge is 0.404 e. The Labute approximate surface area is 115 Å². The third kappa shape index (κ3) is 2.56. The molecule has 100 valence electrons. The SMILES string of the molecule is Cc1nc(N)cc(Oc2ncn(-c3ccccc3)n2)n1. The minimum absolute atomic E-state index is 0.200. The van der Waals surface area contributed by atoms with E-state index in [1.165, 1.54) is 6.07 Å². The lowest BCUT2D eigenvalue weighted by Gasteiger charge is -2.02. The molecule has 3 rings (SSSR count). The average molecular weight is 268 g/mol. The number of para-hydroxylation sites is 1. The van der Waals surface area contributed by atoms with Gasteiger partial charge < -0.3 is 10.5 Å². The van der Waals surface area contributed by atoms with Gasteiger partial charge in [-0.3, -0.25) is 0 Å². The van der Waals surface area contributed by atoms with Gasteiger partial charge in [0.05, 0.1) is 5.69 Å². The van der Waals surface area contributed by atoms with Crippen molar-refractivity contribution in [3.05, 3.63) is 48.5 Å². The van der Waals surface area contributed by atoms with Gasteiger partial charge in [0, 0.05) is 6.07 Å². The molecule has 7 nitrogen and oxygen atoms in total. The van der Waals surface area contributed by atoms with Gasteiger partial charge >= 0.3 is 6.01 Å². The van der Waals surface area contributed by atoms with E-state index in [1.807, 2.05) is 30.3 Å². The second kappa shape index (κ2) is 4.96. The molecule has 0 saturated heterocycles. The Balaban J connectivity index is 1.84. The quantitative estimate of drug-likeness (QED) is 0.777. The molecule has 0 unspecified atom stereocenters. The summed E-state index contributed by atoms with van der Waals surface area (Å²) in [4.78, 5) is 12.2. The van der Waals surface area contributed by atoms with Gasteiger partial charge in [0.25, 0.3) is 0 Å². The number of nitrogens with two attached hydrogens (primary N) is 1. The first-order valence-electron chi connectivity index (χ1n) is 5.97. The first kappa shape index (κ1) is 12.1. The van der Waals surface area contributed by atoms with Crippen molar-refractivity contribution in [2.75, 3.05) is 5.73 Å². The van der Waals surface area contributed by atoms with E-state index in [4.69, 9.17) is 10.5 Å². The fraction of sp³-hybridized carbons (Fsp3) is 0.0769. The standard InChI is InChI=1S/C13H12N6O/c1-9-16-11(14)7-12(17-9)20-13-15-8-19(18-13)10-5-3-2-4-6-10/h2-8H,1H3,(H2,14,16,17). The zero-order valence-electron chi connectivity index (χ0n) is 10.8. The molecule has 3 aromatic rings. The highest BCUT2D eigenvalue weighted by Crippen LogP contribution is 2.17. The zero-order chi connectivity index (χ0) is 13.9. The van der Waals surface area contributed by atoms with E-state index in [9.17, 15) is 0 Å². The molecular weight excluding hydrogens is 256 g/mol. The number of anilines is 1. The summed E-state index contributed by atoms with van der Waals surface area (Å²) in [6, 6.07) is 11.3. The van der Waals surface area contributed by atoms with Gasteiger partial charge in [0.2, 0.25) is 5.88 Å². The van der Waals surface area contributed by atoms with Crippen molar-refractivity contribution < 1.29 is 4.74 Å². The topological polar surface area (TPSA) is 91.7 Å². The van der Waals surface area contributed by atoms with Gasteiger partial charge in [-0.1, -0.05) is 18.2 Å².